The molecule has 8 nitrogen and oxygen atoms in total. The maximum atomic E-state index is 11.9. The molecule has 8 heteroatoms. The molecule has 1 aliphatic rings. The Hall–Kier alpha value is -3.42. The zero-order valence-electron chi connectivity index (χ0n) is 12.5. The summed E-state index contributed by atoms with van der Waals surface area (Å²) >= 11 is 0. The second-order valence-electron chi connectivity index (χ2n) is 4.97. The van der Waals surface area contributed by atoms with Gasteiger partial charge in [0.2, 0.25) is 12.7 Å². The van der Waals surface area contributed by atoms with Crippen molar-refractivity contribution in [3.8, 4) is 11.5 Å². The summed E-state index contributed by atoms with van der Waals surface area (Å²) in [6.45, 7) is 0.183. The Labute approximate surface area is 136 Å². The van der Waals surface area contributed by atoms with E-state index < -0.39 is 10.8 Å². The van der Waals surface area contributed by atoms with E-state index >= 15 is 0 Å². The van der Waals surface area contributed by atoms with Gasteiger partial charge in [-0.15, -0.1) is 0 Å². The fraction of sp³-hybridized carbons (Fsp3) is 0.125. The number of hydrogen-bond acceptors (Lipinski definition) is 6. The number of carbonyl (C=O) groups is 1. The zero-order chi connectivity index (χ0) is 16.9. The smallest absolute Gasteiger partial charge is 0.273 e. The van der Waals surface area contributed by atoms with E-state index in [0.29, 0.717) is 17.1 Å². The van der Waals surface area contributed by atoms with E-state index in [-0.39, 0.29) is 18.9 Å². The van der Waals surface area contributed by atoms with Crippen LogP contribution in [0.3, 0.4) is 0 Å². The monoisotopic (exact) mass is 327 g/mol. The molecule has 0 saturated heterocycles. The summed E-state index contributed by atoms with van der Waals surface area (Å²) in [7, 11) is 0. The lowest BCUT2D eigenvalue weighted by atomic mass is 10.1. The van der Waals surface area contributed by atoms with Gasteiger partial charge in [-0.2, -0.15) is 5.10 Å². The normalized spacial score (nSPS) is 12.3. The lowest BCUT2D eigenvalue weighted by Crippen LogP contribution is -2.20. The third kappa shape index (κ3) is 3.49. The molecule has 0 unspecified atom stereocenters. The predicted octanol–water partition coefficient (Wildman–Crippen LogP) is 2.02. The summed E-state index contributed by atoms with van der Waals surface area (Å²) in [4.78, 5) is 22.3. The van der Waals surface area contributed by atoms with Crippen molar-refractivity contribution in [2.75, 3.05) is 6.79 Å². The van der Waals surface area contributed by atoms with Crippen LogP contribution in [0.25, 0.3) is 0 Å². The van der Waals surface area contributed by atoms with Crippen molar-refractivity contribution in [2.24, 2.45) is 5.10 Å². The van der Waals surface area contributed by atoms with Gasteiger partial charge in [0.05, 0.1) is 17.6 Å². The average molecular weight is 327 g/mol. The predicted molar refractivity (Wildman–Crippen MR) is 85.1 cm³/mol. The minimum absolute atomic E-state index is 0.0904. The minimum atomic E-state index is -0.515. The van der Waals surface area contributed by atoms with Crippen molar-refractivity contribution < 1.29 is 19.2 Å². The molecule has 122 valence electrons. The number of fused-ring (bicyclic) bond motifs is 1. The standard InChI is InChI=1S/C16H13N3O5/c20-16(8-12-3-1-2-4-13(12)19(21)22)18-17-9-11-5-6-14-15(7-11)24-10-23-14/h1-7,9H,8,10H2,(H,18,20)/b17-9+. The maximum Gasteiger partial charge on any atom is 0.273 e. The lowest BCUT2D eigenvalue weighted by Gasteiger charge is -2.02. The molecule has 1 N–H and O–H groups in total. The van der Waals surface area contributed by atoms with E-state index in [1.807, 2.05) is 0 Å². The number of amides is 1. The number of nitrogens with zero attached hydrogens (tertiary/aromatic N) is 2. The fourth-order valence-electron chi connectivity index (χ4n) is 2.22. The quantitative estimate of drug-likeness (QED) is 0.514. The highest BCUT2D eigenvalue weighted by Crippen LogP contribution is 2.31. The molecule has 1 amide bonds. The molecule has 0 saturated carbocycles. The van der Waals surface area contributed by atoms with E-state index in [1.54, 1.807) is 36.4 Å². The molecule has 0 spiro atoms. The summed E-state index contributed by atoms with van der Waals surface area (Å²) < 4.78 is 10.4. The highest BCUT2D eigenvalue weighted by Gasteiger charge is 2.15. The molecule has 3 rings (SSSR count). The van der Waals surface area contributed by atoms with Gasteiger partial charge >= 0.3 is 0 Å². The van der Waals surface area contributed by atoms with Gasteiger partial charge in [0.25, 0.3) is 5.69 Å². The van der Waals surface area contributed by atoms with Gasteiger partial charge in [0.15, 0.2) is 11.5 Å². The molecule has 0 atom stereocenters. The molecule has 1 heterocycles. The van der Waals surface area contributed by atoms with Crippen molar-refractivity contribution in [1.82, 2.24) is 5.43 Å². The number of hydrogen-bond donors (Lipinski definition) is 1. The first kappa shape index (κ1) is 15.5. The SMILES string of the molecule is O=C(Cc1ccccc1[N+](=O)[O-])N/N=C/c1ccc2c(c1)OCO2. The van der Waals surface area contributed by atoms with E-state index in [2.05, 4.69) is 10.5 Å². The molecule has 2 aromatic rings. The highest BCUT2D eigenvalue weighted by molar-refractivity contribution is 5.84. The summed E-state index contributed by atoms with van der Waals surface area (Å²) in [5, 5.41) is 14.8. The zero-order valence-corrected chi connectivity index (χ0v) is 12.5. The number of ether oxygens (including phenoxy) is 2. The molecule has 0 fully saturated rings. The topological polar surface area (TPSA) is 103 Å². The Balaban J connectivity index is 1.61. The van der Waals surface area contributed by atoms with Gasteiger partial charge < -0.3 is 9.47 Å². The van der Waals surface area contributed by atoms with E-state index in [0.717, 1.165) is 5.56 Å². The van der Waals surface area contributed by atoms with E-state index in [9.17, 15) is 14.9 Å². The molecule has 1 aliphatic heterocycles. The number of nitro benzene ring substituents is 1. The number of nitro groups is 1. The lowest BCUT2D eigenvalue weighted by molar-refractivity contribution is -0.385. The number of hydrazone groups is 1. The fourth-order valence-corrected chi connectivity index (χ4v) is 2.22. The summed E-state index contributed by atoms with van der Waals surface area (Å²) in [6.07, 6.45) is 1.33. The number of benzene rings is 2. The van der Waals surface area contributed by atoms with Crippen LogP contribution in [0.2, 0.25) is 0 Å². The molecule has 0 bridgehead atoms. The molecule has 0 aromatic heterocycles. The third-order valence-corrected chi connectivity index (χ3v) is 3.34. The van der Waals surface area contributed by atoms with Gasteiger partial charge in [-0.3, -0.25) is 14.9 Å². The Bertz CT molecular complexity index is 819. The van der Waals surface area contributed by atoms with Gasteiger partial charge in [-0.25, -0.2) is 5.43 Å². The van der Waals surface area contributed by atoms with Crippen LogP contribution in [-0.4, -0.2) is 23.8 Å². The van der Waals surface area contributed by atoms with Crippen molar-refractivity contribution in [2.45, 2.75) is 6.42 Å². The summed E-state index contributed by atoms with van der Waals surface area (Å²) in [5.74, 6) is 0.832. The van der Waals surface area contributed by atoms with E-state index in [4.69, 9.17) is 9.47 Å². The maximum absolute atomic E-state index is 11.9. The van der Waals surface area contributed by atoms with Crippen LogP contribution >= 0.6 is 0 Å². The third-order valence-electron chi connectivity index (χ3n) is 3.34. The van der Waals surface area contributed by atoms with Gasteiger partial charge in [-0.1, -0.05) is 18.2 Å². The van der Waals surface area contributed by atoms with Crippen LogP contribution < -0.4 is 14.9 Å². The van der Waals surface area contributed by atoms with Crippen LogP contribution in [0.4, 0.5) is 5.69 Å². The number of para-hydroxylation sites is 1. The Morgan fingerprint density at radius 3 is 2.88 bits per heavy atom. The molecule has 0 radical (unpaired) electrons. The number of carbonyl (C=O) groups excluding carboxylic acids is 1. The average Bonchev–Trinajstić information content (AvgIpc) is 3.03. The van der Waals surface area contributed by atoms with Crippen molar-refractivity contribution in [1.29, 1.82) is 0 Å². The van der Waals surface area contributed by atoms with Gasteiger partial charge in [-0.05, 0) is 23.8 Å². The van der Waals surface area contributed by atoms with Gasteiger partial charge in [0.1, 0.15) is 0 Å². The minimum Gasteiger partial charge on any atom is -0.454 e. The Kier molecular flexibility index (Phi) is 4.37. The van der Waals surface area contributed by atoms with Crippen LogP contribution in [0.15, 0.2) is 47.6 Å². The van der Waals surface area contributed by atoms with E-state index in [1.165, 1.54) is 12.3 Å². The largest absolute Gasteiger partial charge is 0.454 e. The van der Waals surface area contributed by atoms with Crippen molar-refractivity contribution in [3.05, 3.63) is 63.7 Å². The second kappa shape index (κ2) is 6.78. The molecular weight excluding hydrogens is 314 g/mol. The second-order valence-corrected chi connectivity index (χ2v) is 4.97. The van der Waals surface area contributed by atoms with Crippen molar-refractivity contribution >= 4 is 17.8 Å². The summed E-state index contributed by atoms with van der Waals surface area (Å²) in [5.41, 5.74) is 3.32. The molecule has 24 heavy (non-hydrogen) atoms. The van der Waals surface area contributed by atoms with Crippen LogP contribution in [-0.2, 0) is 11.2 Å². The first-order valence-electron chi connectivity index (χ1n) is 7.07. The number of rotatable bonds is 5. The first-order valence-corrected chi connectivity index (χ1v) is 7.07. The Morgan fingerprint density at radius 2 is 2.04 bits per heavy atom. The number of nitrogens with one attached hydrogen (secondary N) is 1. The van der Waals surface area contributed by atoms with Crippen molar-refractivity contribution in [3.63, 3.8) is 0 Å². The molecular formula is C16H13N3O5. The van der Waals surface area contributed by atoms with Crippen LogP contribution in [0, 0.1) is 10.1 Å². The Morgan fingerprint density at radius 1 is 1.25 bits per heavy atom. The van der Waals surface area contributed by atoms with Gasteiger partial charge in [0, 0.05) is 11.6 Å². The first-order chi connectivity index (χ1) is 11.6. The summed E-state index contributed by atoms with van der Waals surface area (Å²) in [6, 6.07) is 11.4. The van der Waals surface area contributed by atoms with Crippen LogP contribution in [0.1, 0.15) is 11.1 Å². The molecule has 0 aliphatic carbocycles. The van der Waals surface area contributed by atoms with Crippen LogP contribution in [0.5, 0.6) is 11.5 Å². The molecule has 2 aromatic carbocycles. The highest BCUT2D eigenvalue weighted by atomic mass is 16.7.